The maximum atomic E-state index is 6.28. The van der Waals surface area contributed by atoms with Gasteiger partial charge in [-0.3, -0.25) is 0 Å². The molecule has 1 aliphatic heterocycles. The van der Waals surface area contributed by atoms with Gasteiger partial charge in [-0.2, -0.15) is 0 Å². The molecule has 0 aliphatic carbocycles. The summed E-state index contributed by atoms with van der Waals surface area (Å²) in [4.78, 5) is 6.56. The standard InChI is InChI=1S/C15H13ClN2/c1-18-13-10-6-5-9-12(13)14(17-15(18)16)11-7-3-2-4-8-11/h2-10,15H,1H3. The SMILES string of the molecule is CN1c2ccccc2C(c2ccccc2)=NC1Cl. The van der Waals surface area contributed by atoms with Crippen LogP contribution in [0.2, 0.25) is 0 Å². The van der Waals surface area contributed by atoms with Crippen molar-refractivity contribution in [1.82, 2.24) is 0 Å². The molecule has 0 N–H and O–H groups in total. The minimum atomic E-state index is -0.352. The van der Waals surface area contributed by atoms with Crippen LogP contribution in [0.5, 0.6) is 0 Å². The summed E-state index contributed by atoms with van der Waals surface area (Å²) in [6.07, 6.45) is 0. The van der Waals surface area contributed by atoms with Crippen LogP contribution in [0.25, 0.3) is 0 Å². The van der Waals surface area contributed by atoms with Gasteiger partial charge < -0.3 is 4.90 Å². The summed E-state index contributed by atoms with van der Waals surface area (Å²) in [5.41, 5.74) is 3.96. The third-order valence-corrected chi connectivity index (χ3v) is 3.53. The second-order valence-corrected chi connectivity index (χ2v) is 4.67. The first-order valence-electron chi connectivity index (χ1n) is 5.87. The molecule has 90 valence electrons. The number of aliphatic imine (C=N–C) groups is 1. The number of anilines is 1. The normalized spacial score (nSPS) is 18.2. The van der Waals surface area contributed by atoms with E-state index in [9.17, 15) is 0 Å². The lowest BCUT2D eigenvalue weighted by Gasteiger charge is -2.30. The zero-order valence-electron chi connectivity index (χ0n) is 10.0. The Kier molecular flexibility index (Phi) is 2.80. The summed E-state index contributed by atoms with van der Waals surface area (Å²) < 4.78 is 0. The highest BCUT2D eigenvalue weighted by molar-refractivity contribution is 6.26. The van der Waals surface area contributed by atoms with Gasteiger partial charge in [-0.1, -0.05) is 60.1 Å². The summed E-state index contributed by atoms with van der Waals surface area (Å²) in [6.45, 7) is 0. The van der Waals surface area contributed by atoms with E-state index in [4.69, 9.17) is 11.6 Å². The second kappa shape index (κ2) is 4.46. The third-order valence-electron chi connectivity index (χ3n) is 3.14. The molecule has 0 aromatic heterocycles. The minimum absolute atomic E-state index is 0.352. The smallest absolute Gasteiger partial charge is 0.198 e. The molecule has 3 rings (SSSR count). The highest BCUT2D eigenvalue weighted by Gasteiger charge is 2.23. The Labute approximate surface area is 112 Å². The summed E-state index contributed by atoms with van der Waals surface area (Å²) in [6, 6.07) is 18.4. The van der Waals surface area contributed by atoms with Crippen LogP contribution in [0.1, 0.15) is 11.1 Å². The van der Waals surface area contributed by atoms with Crippen molar-refractivity contribution in [1.29, 1.82) is 0 Å². The fraction of sp³-hybridized carbons (Fsp3) is 0.133. The summed E-state index contributed by atoms with van der Waals surface area (Å²) in [5, 5.41) is 0. The van der Waals surface area contributed by atoms with Crippen molar-refractivity contribution in [3.63, 3.8) is 0 Å². The Morgan fingerprint density at radius 3 is 2.44 bits per heavy atom. The number of nitrogens with zero attached hydrogens (tertiary/aromatic N) is 2. The molecule has 2 aromatic rings. The molecule has 0 spiro atoms. The Bertz CT molecular complexity index is 592. The molecule has 2 aromatic carbocycles. The van der Waals surface area contributed by atoms with Crippen molar-refractivity contribution < 1.29 is 0 Å². The Balaban J connectivity index is 2.18. The monoisotopic (exact) mass is 256 g/mol. The maximum Gasteiger partial charge on any atom is 0.198 e. The molecule has 1 unspecified atom stereocenters. The van der Waals surface area contributed by atoms with Crippen molar-refractivity contribution >= 4 is 23.0 Å². The highest BCUT2D eigenvalue weighted by Crippen LogP contribution is 2.30. The molecule has 0 radical (unpaired) electrons. The van der Waals surface area contributed by atoms with E-state index < -0.39 is 0 Å². The van der Waals surface area contributed by atoms with Gasteiger partial charge in [-0.25, -0.2) is 4.99 Å². The molecule has 1 atom stereocenters. The molecule has 1 aliphatic rings. The first-order chi connectivity index (χ1) is 8.77. The van der Waals surface area contributed by atoms with Crippen molar-refractivity contribution in [2.75, 3.05) is 11.9 Å². The second-order valence-electron chi connectivity index (χ2n) is 4.28. The number of rotatable bonds is 1. The zero-order valence-corrected chi connectivity index (χ0v) is 10.8. The lowest BCUT2D eigenvalue weighted by atomic mass is 9.99. The third kappa shape index (κ3) is 1.79. The first kappa shape index (κ1) is 11.3. The zero-order chi connectivity index (χ0) is 12.5. The van der Waals surface area contributed by atoms with Gasteiger partial charge in [-0.05, 0) is 6.07 Å². The van der Waals surface area contributed by atoms with Crippen LogP contribution in [0.4, 0.5) is 5.69 Å². The average Bonchev–Trinajstić information content (AvgIpc) is 2.44. The molecule has 0 amide bonds. The summed E-state index contributed by atoms with van der Waals surface area (Å²) in [7, 11) is 1.96. The predicted molar refractivity (Wildman–Crippen MR) is 76.6 cm³/mol. The largest absolute Gasteiger partial charge is 0.340 e. The van der Waals surface area contributed by atoms with Crippen molar-refractivity contribution in [3.05, 3.63) is 65.7 Å². The van der Waals surface area contributed by atoms with Crippen molar-refractivity contribution in [2.45, 2.75) is 5.62 Å². The summed E-state index contributed by atoms with van der Waals surface area (Å²) >= 11 is 6.28. The van der Waals surface area contributed by atoms with Crippen molar-refractivity contribution in [2.24, 2.45) is 4.99 Å². The van der Waals surface area contributed by atoms with E-state index in [1.54, 1.807) is 0 Å². The molecule has 2 nitrogen and oxygen atoms in total. The number of benzene rings is 2. The van der Waals surface area contributed by atoms with E-state index in [1.165, 1.54) is 0 Å². The quantitative estimate of drug-likeness (QED) is 0.563. The topological polar surface area (TPSA) is 15.6 Å². The van der Waals surface area contributed by atoms with Crippen LogP contribution in [0.3, 0.4) is 0 Å². The minimum Gasteiger partial charge on any atom is -0.340 e. The molecule has 0 bridgehead atoms. The van der Waals surface area contributed by atoms with E-state index in [0.717, 1.165) is 22.5 Å². The van der Waals surface area contributed by atoms with Crippen LogP contribution in [0, 0.1) is 0 Å². The van der Waals surface area contributed by atoms with Gasteiger partial charge in [0.2, 0.25) is 0 Å². The number of para-hydroxylation sites is 1. The number of hydrogen-bond donors (Lipinski definition) is 0. The molecule has 3 heteroatoms. The molecular weight excluding hydrogens is 244 g/mol. The van der Waals surface area contributed by atoms with Crippen molar-refractivity contribution in [3.8, 4) is 0 Å². The van der Waals surface area contributed by atoms with Gasteiger partial charge in [0.05, 0.1) is 5.71 Å². The van der Waals surface area contributed by atoms with Crippen LogP contribution >= 0.6 is 11.6 Å². The molecule has 0 fully saturated rings. The van der Waals surface area contributed by atoms with Gasteiger partial charge in [0.25, 0.3) is 0 Å². The van der Waals surface area contributed by atoms with Crippen LogP contribution in [-0.4, -0.2) is 18.4 Å². The van der Waals surface area contributed by atoms with E-state index >= 15 is 0 Å². The number of halogens is 1. The number of fused-ring (bicyclic) bond motifs is 1. The van der Waals surface area contributed by atoms with Gasteiger partial charge in [0, 0.05) is 23.9 Å². The van der Waals surface area contributed by atoms with Crippen LogP contribution in [-0.2, 0) is 0 Å². The number of alkyl halides is 1. The Morgan fingerprint density at radius 1 is 1.00 bits per heavy atom. The maximum absolute atomic E-state index is 6.28. The van der Waals surface area contributed by atoms with E-state index in [-0.39, 0.29) is 5.62 Å². The molecule has 0 saturated carbocycles. The van der Waals surface area contributed by atoms with Gasteiger partial charge in [0.1, 0.15) is 0 Å². The highest BCUT2D eigenvalue weighted by atomic mass is 35.5. The summed E-state index contributed by atoms with van der Waals surface area (Å²) in [5.74, 6) is 0. The first-order valence-corrected chi connectivity index (χ1v) is 6.30. The van der Waals surface area contributed by atoms with Gasteiger partial charge >= 0.3 is 0 Å². The average molecular weight is 257 g/mol. The van der Waals surface area contributed by atoms with E-state index in [2.05, 4.69) is 29.3 Å². The number of hydrogen-bond acceptors (Lipinski definition) is 2. The molecular formula is C15H13ClN2. The Hall–Kier alpha value is -1.80. The lowest BCUT2D eigenvalue weighted by molar-refractivity contribution is 0.848. The van der Waals surface area contributed by atoms with E-state index in [0.29, 0.717) is 0 Å². The molecule has 0 saturated heterocycles. The lowest BCUT2D eigenvalue weighted by Crippen LogP contribution is -2.32. The van der Waals surface area contributed by atoms with Crippen LogP contribution < -0.4 is 4.90 Å². The Morgan fingerprint density at radius 2 is 1.67 bits per heavy atom. The fourth-order valence-electron chi connectivity index (χ4n) is 2.18. The predicted octanol–water partition coefficient (Wildman–Crippen LogP) is 3.50. The fourth-order valence-corrected chi connectivity index (χ4v) is 2.39. The molecule has 1 heterocycles. The van der Waals surface area contributed by atoms with E-state index in [1.807, 2.05) is 42.3 Å². The van der Waals surface area contributed by atoms with Crippen LogP contribution in [0.15, 0.2) is 59.6 Å². The van der Waals surface area contributed by atoms with Gasteiger partial charge in [0.15, 0.2) is 5.62 Å². The molecule has 18 heavy (non-hydrogen) atoms. The van der Waals surface area contributed by atoms with Gasteiger partial charge in [-0.15, -0.1) is 0 Å².